The number of rotatable bonds is 6. The first-order valence-corrected chi connectivity index (χ1v) is 8.28. The topological polar surface area (TPSA) is 93.6 Å². The van der Waals surface area contributed by atoms with Crippen LogP contribution >= 0.6 is 0 Å². The molecule has 134 valence electrons. The van der Waals surface area contributed by atoms with Crippen LogP contribution in [0.15, 0.2) is 46.1 Å². The van der Waals surface area contributed by atoms with Crippen molar-refractivity contribution in [2.75, 3.05) is 13.2 Å². The van der Waals surface area contributed by atoms with E-state index >= 15 is 0 Å². The summed E-state index contributed by atoms with van der Waals surface area (Å²) < 4.78 is 13.0. The van der Waals surface area contributed by atoms with Gasteiger partial charge in [-0.3, -0.25) is 14.3 Å². The molecule has 0 amide bonds. The standard InChI is InChI=1S/C18H22N2O5/c1-12-8-20(18(23)19-17(12)22)16-7-14(9-21)15(25-16)11-24-10-13-5-3-2-4-6-13/h2-6,8,14-16,21H,7,9-11H2,1H3,(H,19,22,23)/t14-,15-,16-/m1/s1. The third kappa shape index (κ3) is 4.07. The minimum absolute atomic E-state index is 0.0487. The van der Waals surface area contributed by atoms with Gasteiger partial charge in [0.1, 0.15) is 6.23 Å². The maximum atomic E-state index is 12.0. The molecule has 0 radical (unpaired) electrons. The van der Waals surface area contributed by atoms with Crippen LogP contribution < -0.4 is 11.2 Å². The molecular weight excluding hydrogens is 324 g/mol. The minimum atomic E-state index is -0.523. The van der Waals surface area contributed by atoms with Crippen molar-refractivity contribution >= 4 is 0 Å². The Balaban J connectivity index is 1.65. The van der Waals surface area contributed by atoms with Crippen molar-refractivity contribution in [2.24, 2.45) is 5.92 Å². The van der Waals surface area contributed by atoms with Gasteiger partial charge >= 0.3 is 5.69 Å². The van der Waals surface area contributed by atoms with Crippen molar-refractivity contribution in [3.63, 3.8) is 0 Å². The van der Waals surface area contributed by atoms with Crippen molar-refractivity contribution in [3.8, 4) is 0 Å². The second-order valence-corrected chi connectivity index (χ2v) is 6.29. The van der Waals surface area contributed by atoms with E-state index in [1.165, 1.54) is 10.8 Å². The lowest BCUT2D eigenvalue weighted by molar-refractivity contribution is -0.0582. The number of hydrogen-bond acceptors (Lipinski definition) is 5. The van der Waals surface area contributed by atoms with Crippen LogP contribution in [0.4, 0.5) is 0 Å². The molecule has 1 fully saturated rings. The summed E-state index contributed by atoms with van der Waals surface area (Å²) in [5.41, 5.74) is 0.585. The predicted molar refractivity (Wildman–Crippen MR) is 91.3 cm³/mol. The smallest absolute Gasteiger partial charge is 0.330 e. The number of ether oxygens (including phenoxy) is 2. The number of H-pyrrole nitrogens is 1. The Kier molecular flexibility index (Phi) is 5.47. The molecule has 3 rings (SSSR count). The first kappa shape index (κ1) is 17.6. The van der Waals surface area contributed by atoms with E-state index in [1.807, 2.05) is 30.3 Å². The zero-order valence-electron chi connectivity index (χ0n) is 14.1. The van der Waals surface area contributed by atoms with E-state index in [0.717, 1.165) is 5.56 Å². The quantitative estimate of drug-likeness (QED) is 0.812. The Labute approximate surface area is 144 Å². The third-order valence-corrected chi connectivity index (χ3v) is 4.45. The summed E-state index contributed by atoms with van der Waals surface area (Å²) in [7, 11) is 0. The molecule has 0 aliphatic carbocycles. The number of aromatic amines is 1. The lowest BCUT2D eigenvalue weighted by Gasteiger charge is -2.17. The number of aliphatic hydroxyl groups is 1. The van der Waals surface area contributed by atoms with Crippen LogP contribution in [0.3, 0.4) is 0 Å². The van der Waals surface area contributed by atoms with Crippen molar-refractivity contribution in [3.05, 3.63) is 68.5 Å². The number of aryl methyl sites for hydroxylation is 1. The number of benzene rings is 1. The van der Waals surface area contributed by atoms with Gasteiger partial charge in [-0.1, -0.05) is 30.3 Å². The summed E-state index contributed by atoms with van der Waals surface area (Å²) in [4.78, 5) is 25.8. The molecule has 0 saturated carbocycles. The van der Waals surface area contributed by atoms with E-state index in [1.54, 1.807) is 6.92 Å². The minimum Gasteiger partial charge on any atom is -0.396 e. The molecular formula is C18H22N2O5. The van der Waals surface area contributed by atoms with E-state index < -0.39 is 17.5 Å². The van der Waals surface area contributed by atoms with Gasteiger partial charge in [0.05, 0.1) is 19.3 Å². The van der Waals surface area contributed by atoms with Crippen molar-refractivity contribution < 1.29 is 14.6 Å². The second-order valence-electron chi connectivity index (χ2n) is 6.29. The Morgan fingerprint density at radius 1 is 1.32 bits per heavy atom. The second kappa shape index (κ2) is 7.77. The normalized spacial score (nSPS) is 23.0. The van der Waals surface area contributed by atoms with E-state index in [9.17, 15) is 14.7 Å². The molecule has 0 spiro atoms. The Morgan fingerprint density at radius 3 is 2.80 bits per heavy atom. The fourth-order valence-electron chi connectivity index (χ4n) is 2.99. The highest BCUT2D eigenvalue weighted by atomic mass is 16.6. The Hall–Kier alpha value is -2.22. The summed E-state index contributed by atoms with van der Waals surface area (Å²) in [6.07, 6.45) is 1.15. The molecule has 7 nitrogen and oxygen atoms in total. The van der Waals surface area contributed by atoms with Crippen LogP contribution in [0.2, 0.25) is 0 Å². The average molecular weight is 346 g/mol. The van der Waals surface area contributed by atoms with Crippen molar-refractivity contribution in [2.45, 2.75) is 32.3 Å². The SMILES string of the molecule is Cc1cn([C@H]2C[C@H](CO)[C@@H](COCc3ccccc3)O2)c(=O)[nH]c1=O. The summed E-state index contributed by atoms with van der Waals surface area (Å²) in [5, 5.41) is 9.60. The molecule has 7 heteroatoms. The molecule has 25 heavy (non-hydrogen) atoms. The highest BCUT2D eigenvalue weighted by Gasteiger charge is 2.36. The van der Waals surface area contributed by atoms with Gasteiger partial charge in [-0.2, -0.15) is 0 Å². The van der Waals surface area contributed by atoms with Crippen molar-refractivity contribution in [1.82, 2.24) is 9.55 Å². The van der Waals surface area contributed by atoms with Crippen LogP contribution in [0.25, 0.3) is 0 Å². The third-order valence-electron chi connectivity index (χ3n) is 4.45. The van der Waals surface area contributed by atoms with Crippen LogP contribution in [-0.4, -0.2) is 34.0 Å². The highest BCUT2D eigenvalue weighted by Crippen LogP contribution is 2.32. The van der Waals surface area contributed by atoms with E-state index in [2.05, 4.69) is 4.98 Å². The summed E-state index contributed by atoms with van der Waals surface area (Å²) in [6.45, 7) is 2.37. The van der Waals surface area contributed by atoms with Gasteiger partial charge in [-0.25, -0.2) is 4.79 Å². The largest absolute Gasteiger partial charge is 0.396 e. The van der Waals surface area contributed by atoms with Gasteiger partial charge in [0, 0.05) is 30.7 Å². The van der Waals surface area contributed by atoms with Crippen LogP contribution in [0.5, 0.6) is 0 Å². The fourth-order valence-corrected chi connectivity index (χ4v) is 2.99. The van der Waals surface area contributed by atoms with Gasteiger partial charge in [0.15, 0.2) is 0 Å². The molecule has 0 unspecified atom stereocenters. The maximum absolute atomic E-state index is 12.0. The number of hydrogen-bond donors (Lipinski definition) is 2. The summed E-state index contributed by atoms with van der Waals surface area (Å²) in [5.74, 6) is -0.125. The molecule has 1 aromatic carbocycles. The Morgan fingerprint density at radius 2 is 2.08 bits per heavy atom. The number of nitrogens with zero attached hydrogens (tertiary/aromatic N) is 1. The van der Waals surface area contributed by atoms with Crippen LogP contribution in [-0.2, 0) is 16.1 Å². The first-order chi connectivity index (χ1) is 12.1. The monoisotopic (exact) mass is 346 g/mol. The number of aromatic nitrogens is 2. The van der Waals surface area contributed by atoms with Gasteiger partial charge < -0.3 is 14.6 Å². The first-order valence-electron chi connectivity index (χ1n) is 8.28. The molecule has 2 N–H and O–H groups in total. The average Bonchev–Trinajstić information content (AvgIpc) is 3.02. The van der Waals surface area contributed by atoms with E-state index in [-0.39, 0.29) is 18.6 Å². The molecule has 2 heterocycles. The molecule has 1 aromatic heterocycles. The number of aliphatic hydroxyl groups excluding tert-OH is 1. The van der Waals surface area contributed by atoms with Gasteiger partial charge in [0.2, 0.25) is 0 Å². The molecule has 0 bridgehead atoms. The lowest BCUT2D eigenvalue weighted by atomic mass is 10.0. The van der Waals surface area contributed by atoms with E-state index in [4.69, 9.17) is 9.47 Å². The summed E-state index contributed by atoms with van der Waals surface area (Å²) >= 11 is 0. The molecule has 3 atom stereocenters. The van der Waals surface area contributed by atoms with Crippen LogP contribution in [0.1, 0.15) is 23.8 Å². The van der Waals surface area contributed by atoms with Gasteiger partial charge in [-0.05, 0) is 12.5 Å². The Bertz CT molecular complexity index is 814. The number of nitrogens with one attached hydrogen (secondary N) is 1. The van der Waals surface area contributed by atoms with Crippen molar-refractivity contribution in [1.29, 1.82) is 0 Å². The summed E-state index contributed by atoms with van der Waals surface area (Å²) in [6, 6.07) is 9.79. The molecule has 1 saturated heterocycles. The zero-order valence-corrected chi connectivity index (χ0v) is 14.1. The highest BCUT2D eigenvalue weighted by molar-refractivity contribution is 5.13. The molecule has 1 aliphatic rings. The maximum Gasteiger partial charge on any atom is 0.330 e. The lowest BCUT2D eigenvalue weighted by Crippen LogP contribution is -2.33. The van der Waals surface area contributed by atoms with Crippen LogP contribution in [0, 0.1) is 12.8 Å². The molecule has 1 aliphatic heterocycles. The predicted octanol–water partition coefficient (Wildman–Crippen LogP) is 0.958. The van der Waals surface area contributed by atoms with Gasteiger partial charge in [0.25, 0.3) is 5.56 Å². The molecule has 2 aromatic rings. The fraction of sp³-hybridized carbons (Fsp3) is 0.444. The zero-order chi connectivity index (χ0) is 17.8. The van der Waals surface area contributed by atoms with Gasteiger partial charge in [-0.15, -0.1) is 0 Å². The van der Waals surface area contributed by atoms with E-state index in [0.29, 0.717) is 25.2 Å².